The van der Waals surface area contributed by atoms with E-state index in [-0.39, 0.29) is 12.1 Å². The van der Waals surface area contributed by atoms with Gasteiger partial charge < -0.3 is 10.2 Å². The van der Waals surface area contributed by atoms with Crippen LogP contribution in [0, 0.1) is 6.92 Å². The van der Waals surface area contributed by atoms with Gasteiger partial charge in [-0.2, -0.15) is 0 Å². The van der Waals surface area contributed by atoms with E-state index in [2.05, 4.69) is 18.9 Å². The Morgan fingerprint density at radius 3 is 2.50 bits per heavy atom. The van der Waals surface area contributed by atoms with E-state index in [1.165, 1.54) is 0 Å². The molecule has 2 N–H and O–H groups in total. The molecule has 0 aliphatic carbocycles. The van der Waals surface area contributed by atoms with Crippen molar-refractivity contribution in [2.75, 3.05) is 13.6 Å². The van der Waals surface area contributed by atoms with Crippen LogP contribution < -0.4 is 5.73 Å². The first-order chi connectivity index (χ1) is 6.56. The number of nitrogens with zero attached hydrogens (tertiary/aromatic N) is 1. The van der Waals surface area contributed by atoms with E-state index in [1.807, 2.05) is 26.0 Å². The Labute approximate surface area is 85.9 Å². The van der Waals surface area contributed by atoms with E-state index >= 15 is 0 Å². The number of hydrogen-bond donors (Lipinski definition) is 1. The molecule has 0 radical (unpaired) electrons. The summed E-state index contributed by atoms with van der Waals surface area (Å²) in [6.45, 7) is 7.04. The monoisotopic (exact) mass is 196 g/mol. The second-order valence-corrected chi connectivity index (χ2v) is 3.83. The van der Waals surface area contributed by atoms with Crippen molar-refractivity contribution in [1.29, 1.82) is 0 Å². The summed E-state index contributed by atoms with van der Waals surface area (Å²) >= 11 is 0. The Hall–Kier alpha value is -0.800. The molecule has 0 spiro atoms. The van der Waals surface area contributed by atoms with Crippen LogP contribution in [0.15, 0.2) is 16.5 Å². The third kappa shape index (κ3) is 2.36. The molecule has 0 aliphatic rings. The summed E-state index contributed by atoms with van der Waals surface area (Å²) in [5.74, 6) is 1.90. The average Bonchev–Trinajstić information content (AvgIpc) is 2.51. The second-order valence-electron chi connectivity index (χ2n) is 3.83. The maximum absolute atomic E-state index is 5.95. The lowest BCUT2D eigenvalue weighted by Gasteiger charge is -2.28. The molecular weight excluding hydrogens is 176 g/mol. The fraction of sp³-hybridized carbons (Fsp3) is 0.636. The fourth-order valence-electron chi connectivity index (χ4n) is 1.69. The van der Waals surface area contributed by atoms with Crippen molar-refractivity contribution in [3.05, 3.63) is 23.7 Å². The molecule has 0 aromatic carbocycles. The highest BCUT2D eigenvalue weighted by molar-refractivity contribution is 5.11. The maximum Gasteiger partial charge on any atom is 0.122 e. The number of nitrogens with two attached hydrogens (primary N) is 1. The molecule has 1 aromatic rings. The molecule has 2 unspecified atom stereocenters. The molecule has 0 saturated heterocycles. The molecule has 80 valence electrons. The lowest BCUT2D eigenvalue weighted by molar-refractivity contribution is 0.198. The molecule has 3 heteroatoms. The van der Waals surface area contributed by atoms with Crippen LogP contribution in [0.4, 0.5) is 0 Å². The SMILES string of the molecule is CCN(C)C(c1ccc(C)o1)C(C)N. The van der Waals surface area contributed by atoms with Gasteiger partial charge >= 0.3 is 0 Å². The summed E-state index contributed by atoms with van der Waals surface area (Å²) in [4.78, 5) is 2.20. The van der Waals surface area contributed by atoms with Gasteiger partial charge in [-0.25, -0.2) is 0 Å². The van der Waals surface area contributed by atoms with E-state index in [1.54, 1.807) is 0 Å². The lowest BCUT2D eigenvalue weighted by atomic mass is 10.1. The quantitative estimate of drug-likeness (QED) is 0.800. The predicted molar refractivity (Wildman–Crippen MR) is 58.1 cm³/mol. The van der Waals surface area contributed by atoms with E-state index < -0.39 is 0 Å². The Kier molecular flexibility index (Phi) is 3.72. The summed E-state index contributed by atoms with van der Waals surface area (Å²) in [6, 6.07) is 4.24. The zero-order valence-corrected chi connectivity index (χ0v) is 9.45. The minimum Gasteiger partial charge on any atom is -0.465 e. The normalized spacial score (nSPS) is 15.9. The first kappa shape index (κ1) is 11.3. The Morgan fingerprint density at radius 2 is 2.14 bits per heavy atom. The van der Waals surface area contributed by atoms with Crippen LogP contribution in [0.5, 0.6) is 0 Å². The van der Waals surface area contributed by atoms with Crippen molar-refractivity contribution in [2.45, 2.75) is 32.9 Å². The van der Waals surface area contributed by atoms with Crippen molar-refractivity contribution in [2.24, 2.45) is 5.73 Å². The minimum atomic E-state index is 0.0745. The van der Waals surface area contributed by atoms with Gasteiger partial charge in [0.25, 0.3) is 0 Å². The van der Waals surface area contributed by atoms with Gasteiger partial charge in [-0.3, -0.25) is 4.90 Å². The summed E-state index contributed by atoms with van der Waals surface area (Å²) in [7, 11) is 2.06. The van der Waals surface area contributed by atoms with E-state index in [0.29, 0.717) is 0 Å². The van der Waals surface area contributed by atoms with E-state index in [4.69, 9.17) is 10.2 Å². The smallest absolute Gasteiger partial charge is 0.122 e. The summed E-state index contributed by atoms with van der Waals surface area (Å²) in [5, 5.41) is 0. The number of rotatable bonds is 4. The lowest BCUT2D eigenvalue weighted by Crippen LogP contribution is -2.36. The molecule has 0 bridgehead atoms. The molecular formula is C11H20N2O. The molecule has 14 heavy (non-hydrogen) atoms. The van der Waals surface area contributed by atoms with Crippen LogP contribution in [0.1, 0.15) is 31.4 Å². The number of furan rings is 1. The average molecular weight is 196 g/mol. The number of aryl methyl sites for hydroxylation is 1. The van der Waals surface area contributed by atoms with Gasteiger partial charge in [0.05, 0.1) is 6.04 Å². The van der Waals surface area contributed by atoms with Gasteiger partial charge in [-0.15, -0.1) is 0 Å². The summed E-state index contributed by atoms with van der Waals surface area (Å²) < 4.78 is 5.61. The van der Waals surface area contributed by atoms with Crippen LogP contribution >= 0.6 is 0 Å². The van der Waals surface area contributed by atoms with Gasteiger partial charge in [0.15, 0.2) is 0 Å². The molecule has 0 amide bonds. The third-order valence-electron chi connectivity index (χ3n) is 2.52. The van der Waals surface area contributed by atoms with Crippen molar-refractivity contribution >= 4 is 0 Å². The number of hydrogen-bond acceptors (Lipinski definition) is 3. The van der Waals surface area contributed by atoms with Gasteiger partial charge in [-0.05, 0) is 39.6 Å². The summed E-state index contributed by atoms with van der Waals surface area (Å²) in [6.07, 6.45) is 0. The molecule has 0 saturated carbocycles. The first-order valence-corrected chi connectivity index (χ1v) is 5.08. The molecule has 1 rings (SSSR count). The molecule has 1 aromatic heterocycles. The molecule has 3 nitrogen and oxygen atoms in total. The summed E-state index contributed by atoms with van der Waals surface area (Å²) in [5.41, 5.74) is 5.95. The fourth-order valence-corrected chi connectivity index (χ4v) is 1.69. The predicted octanol–water partition coefficient (Wildman–Crippen LogP) is 1.93. The van der Waals surface area contributed by atoms with Crippen molar-refractivity contribution in [3.8, 4) is 0 Å². The Morgan fingerprint density at radius 1 is 1.50 bits per heavy atom. The van der Waals surface area contributed by atoms with Gasteiger partial charge in [-0.1, -0.05) is 6.92 Å². The van der Waals surface area contributed by atoms with Crippen molar-refractivity contribution < 1.29 is 4.42 Å². The molecule has 0 fully saturated rings. The van der Waals surface area contributed by atoms with Crippen LogP contribution in [0.2, 0.25) is 0 Å². The largest absolute Gasteiger partial charge is 0.465 e. The van der Waals surface area contributed by atoms with E-state index in [0.717, 1.165) is 18.1 Å². The highest BCUT2D eigenvalue weighted by Crippen LogP contribution is 2.23. The maximum atomic E-state index is 5.95. The van der Waals surface area contributed by atoms with Crippen LogP contribution in [0.25, 0.3) is 0 Å². The molecule has 2 atom stereocenters. The van der Waals surface area contributed by atoms with Crippen molar-refractivity contribution in [1.82, 2.24) is 4.90 Å². The van der Waals surface area contributed by atoms with Crippen LogP contribution in [-0.4, -0.2) is 24.5 Å². The van der Waals surface area contributed by atoms with Gasteiger partial charge in [0.2, 0.25) is 0 Å². The Balaban J connectivity index is 2.88. The standard InChI is InChI=1S/C11H20N2O/c1-5-13(4)11(9(3)12)10-7-6-8(2)14-10/h6-7,9,11H,5,12H2,1-4H3. The topological polar surface area (TPSA) is 42.4 Å². The van der Waals surface area contributed by atoms with E-state index in [9.17, 15) is 0 Å². The zero-order chi connectivity index (χ0) is 10.7. The highest BCUT2D eigenvalue weighted by atomic mass is 16.3. The third-order valence-corrected chi connectivity index (χ3v) is 2.52. The van der Waals surface area contributed by atoms with Crippen LogP contribution in [-0.2, 0) is 0 Å². The van der Waals surface area contributed by atoms with Crippen molar-refractivity contribution in [3.63, 3.8) is 0 Å². The zero-order valence-electron chi connectivity index (χ0n) is 9.45. The first-order valence-electron chi connectivity index (χ1n) is 5.08. The number of likely N-dealkylation sites (N-methyl/N-ethyl adjacent to an activating group) is 1. The Bertz CT molecular complexity index is 281. The second kappa shape index (κ2) is 4.62. The van der Waals surface area contributed by atoms with Gasteiger partial charge in [0.1, 0.15) is 11.5 Å². The highest BCUT2D eigenvalue weighted by Gasteiger charge is 2.22. The molecule has 0 aliphatic heterocycles. The molecule has 1 heterocycles. The van der Waals surface area contributed by atoms with Gasteiger partial charge in [0, 0.05) is 6.04 Å². The minimum absolute atomic E-state index is 0.0745. The van der Waals surface area contributed by atoms with Crippen LogP contribution in [0.3, 0.4) is 0 Å².